The summed E-state index contributed by atoms with van der Waals surface area (Å²) in [6.45, 7) is 0. The van der Waals surface area contributed by atoms with Gasteiger partial charge in [-0.3, -0.25) is 4.79 Å². The van der Waals surface area contributed by atoms with E-state index in [1.54, 1.807) is 0 Å². The molecule has 4 nitrogen and oxygen atoms in total. The molecule has 0 aliphatic carbocycles. The van der Waals surface area contributed by atoms with Crippen molar-refractivity contribution in [2.24, 2.45) is 0 Å². The van der Waals surface area contributed by atoms with Gasteiger partial charge >= 0.3 is 0 Å². The summed E-state index contributed by atoms with van der Waals surface area (Å²) in [7, 11) is 0. The zero-order valence-corrected chi connectivity index (χ0v) is 8.51. The fourth-order valence-corrected chi connectivity index (χ4v) is 1.37. The molecule has 1 rings (SSSR count). The molecule has 0 saturated heterocycles. The number of nitrogens with one attached hydrogen (secondary N) is 1. The van der Waals surface area contributed by atoms with Crippen LogP contribution in [0.15, 0.2) is 6.20 Å². The van der Waals surface area contributed by atoms with E-state index in [0.717, 1.165) is 19.3 Å². The Bertz CT molecular complexity index is 315. The van der Waals surface area contributed by atoms with Gasteiger partial charge in [0, 0.05) is 24.4 Å². The third-order valence-electron chi connectivity index (χ3n) is 1.60. The topological polar surface area (TPSA) is 54.9 Å². The average molecular weight is 209 g/mol. The molecule has 0 radical (unpaired) electrons. The number of hydrogen-bond acceptors (Lipinski definition) is 4. The standard InChI is InChI=1S/C9H11N3OS/c1-2-3-4-5-6-8(13)11-9-7-10-12-14-9/h1,7H,3-6H2,(H,11,13). The van der Waals surface area contributed by atoms with Crippen LogP contribution in [0.3, 0.4) is 0 Å². The van der Waals surface area contributed by atoms with Crippen LogP contribution in [-0.2, 0) is 4.79 Å². The Labute approximate surface area is 86.9 Å². The Morgan fingerprint density at radius 1 is 1.64 bits per heavy atom. The molecule has 74 valence electrons. The summed E-state index contributed by atoms with van der Waals surface area (Å²) in [5.74, 6) is 2.53. The van der Waals surface area contributed by atoms with E-state index in [0.29, 0.717) is 11.4 Å². The van der Waals surface area contributed by atoms with E-state index >= 15 is 0 Å². The third kappa shape index (κ3) is 4.01. The summed E-state index contributed by atoms with van der Waals surface area (Å²) in [4.78, 5) is 11.3. The van der Waals surface area contributed by atoms with Crippen molar-refractivity contribution in [3.8, 4) is 12.3 Å². The highest BCUT2D eigenvalue weighted by Crippen LogP contribution is 2.10. The third-order valence-corrected chi connectivity index (χ3v) is 2.18. The number of nitrogens with zero attached hydrogens (tertiary/aromatic N) is 2. The highest BCUT2D eigenvalue weighted by molar-refractivity contribution is 7.10. The molecular formula is C9H11N3OS. The molecule has 5 heteroatoms. The zero-order chi connectivity index (χ0) is 10.2. The van der Waals surface area contributed by atoms with Gasteiger partial charge in [0.25, 0.3) is 0 Å². The van der Waals surface area contributed by atoms with Crippen molar-refractivity contribution in [2.45, 2.75) is 25.7 Å². The summed E-state index contributed by atoms with van der Waals surface area (Å²) in [5.41, 5.74) is 0. The van der Waals surface area contributed by atoms with Gasteiger partial charge in [-0.2, -0.15) is 0 Å². The molecule has 1 amide bonds. The molecule has 0 aliphatic rings. The number of anilines is 1. The minimum absolute atomic E-state index is 0.00642. The summed E-state index contributed by atoms with van der Waals surface area (Å²) in [5, 5.41) is 7.00. The SMILES string of the molecule is C#CCCCCC(=O)Nc1cnns1. The van der Waals surface area contributed by atoms with Crippen molar-refractivity contribution < 1.29 is 4.79 Å². The van der Waals surface area contributed by atoms with Crippen LogP contribution in [0.4, 0.5) is 5.00 Å². The minimum atomic E-state index is -0.00642. The molecule has 14 heavy (non-hydrogen) atoms. The molecule has 1 N–H and O–H groups in total. The second-order valence-electron chi connectivity index (χ2n) is 2.74. The zero-order valence-electron chi connectivity index (χ0n) is 7.69. The highest BCUT2D eigenvalue weighted by atomic mass is 32.1. The number of amides is 1. The van der Waals surface area contributed by atoms with Gasteiger partial charge in [0.1, 0.15) is 5.00 Å². The van der Waals surface area contributed by atoms with Crippen molar-refractivity contribution in [2.75, 3.05) is 5.32 Å². The second kappa shape index (κ2) is 6.11. The van der Waals surface area contributed by atoms with Crippen LogP contribution in [0.2, 0.25) is 0 Å². The molecule has 0 atom stereocenters. The lowest BCUT2D eigenvalue weighted by Gasteiger charge is -1.99. The smallest absolute Gasteiger partial charge is 0.225 e. The Balaban J connectivity index is 2.14. The Morgan fingerprint density at radius 3 is 3.14 bits per heavy atom. The Kier molecular flexibility index (Phi) is 4.65. The Morgan fingerprint density at radius 2 is 2.50 bits per heavy atom. The summed E-state index contributed by atoms with van der Waals surface area (Å²) >= 11 is 1.17. The quantitative estimate of drug-likeness (QED) is 0.593. The lowest BCUT2D eigenvalue weighted by atomic mass is 10.2. The van der Waals surface area contributed by atoms with Crippen molar-refractivity contribution in [3.63, 3.8) is 0 Å². The van der Waals surface area contributed by atoms with Crippen LogP contribution in [0.5, 0.6) is 0 Å². The fraction of sp³-hybridized carbons (Fsp3) is 0.444. The second-order valence-corrected chi connectivity index (χ2v) is 3.53. The van der Waals surface area contributed by atoms with E-state index in [1.807, 2.05) is 0 Å². The predicted molar refractivity (Wildman–Crippen MR) is 55.8 cm³/mol. The minimum Gasteiger partial charge on any atom is -0.315 e. The van der Waals surface area contributed by atoms with Gasteiger partial charge in [-0.25, -0.2) is 0 Å². The van der Waals surface area contributed by atoms with Crippen LogP contribution in [-0.4, -0.2) is 15.5 Å². The molecular weight excluding hydrogens is 198 g/mol. The first-order valence-electron chi connectivity index (χ1n) is 4.33. The first-order chi connectivity index (χ1) is 6.83. The van der Waals surface area contributed by atoms with Crippen molar-refractivity contribution in [1.82, 2.24) is 9.59 Å². The largest absolute Gasteiger partial charge is 0.315 e. The molecule has 0 fully saturated rings. The van der Waals surface area contributed by atoms with E-state index in [4.69, 9.17) is 6.42 Å². The van der Waals surface area contributed by atoms with Gasteiger partial charge < -0.3 is 5.32 Å². The molecule has 0 spiro atoms. The van der Waals surface area contributed by atoms with E-state index in [-0.39, 0.29) is 5.91 Å². The van der Waals surface area contributed by atoms with Gasteiger partial charge in [-0.1, -0.05) is 4.49 Å². The first kappa shape index (κ1) is 10.7. The van der Waals surface area contributed by atoms with E-state index in [1.165, 1.54) is 17.7 Å². The van der Waals surface area contributed by atoms with Crippen LogP contribution >= 0.6 is 11.5 Å². The maximum absolute atomic E-state index is 11.3. The first-order valence-corrected chi connectivity index (χ1v) is 5.11. The van der Waals surface area contributed by atoms with Crippen molar-refractivity contribution >= 4 is 22.4 Å². The van der Waals surface area contributed by atoms with Gasteiger partial charge in [-0.05, 0) is 12.8 Å². The number of unbranched alkanes of at least 4 members (excludes halogenated alkanes) is 2. The molecule has 0 saturated carbocycles. The Hall–Kier alpha value is -1.41. The molecule has 1 aromatic rings. The fourth-order valence-electron chi connectivity index (χ4n) is 0.935. The number of terminal acetylenes is 1. The van der Waals surface area contributed by atoms with Gasteiger partial charge in [-0.15, -0.1) is 17.4 Å². The maximum Gasteiger partial charge on any atom is 0.225 e. The molecule has 0 unspecified atom stereocenters. The van der Waals surface area contributed by atoms with Gasteiger partial charge in [0.15, 0.2) is 0 Å². The van der Waals surface area contributed by atoms with Gasteiger partial charge in [0.2, 0.25) is 5.91 Å². The van der Waals surface area contributed by atoms with E-state index in [2.05, 4.69) is 20.8 Å². The number of carbonyl (C=O) groups is 1. The summed E-state index contributed by atoms with van der Waals surface area (Å²) < 4.78 is 3.64. The normalized spacial score (nSPS) is 9.36. The predicted octanol–water partition coefficient (Wildman–Crippen LogP) is 1.67. The monoisotopic (exact) mass is 209 g/mol. The molecule has 0 bridgehead atoms. The van der Waals surface area contributed by atoms with E-state index in [9.17, 15) is 4.79 Å². The summed E-state index contributed by atoms with van der Waals surface area (Å²) in [6.07, 6.45) is 9.57. The molecule has 0 aromatic carbocycles. The number of aromatic nitrogens is 2. The van der Waals surface area contributed by atoms with Crippen LogP contribution in [0.1, 0.15) is 25.7 Å². The van der Waals surface area contributed by atoms with Crippen LogP contribution < -0.4 is 5.32 Å². The number of rotatable bonds is 5. The van der Waals surface area contributed by atoms with Crippen molar-refractivity contribution in [3.05, 3.63) is 6.20 Å². The highest BCUT2D eigenvalue weighted by Gasteiger charge is 2.02. The lowest BCUT2D eigenvalue weighted by Crippen LogP contribution is -2.09. The summed E-state index contributed by atoms with van der Waals surface area (Å²) in [6, 6.07) is 0. The van der Waals surface area contributed by atoms with Crippen molar-refractivity contribution in [1.29, 1.82) is 0 Å². The van der Waals surface area contributed by atoms with E-state index < -0.39 is 0 Å². The number of carbonyl (C=O) groups excluding carboxylic acids is 1. The molecule has 1 heterocycles. The van der Waals surface area contributed by atoms with Gasteiger partial charge in [0.05, 0.1) is 6.20 Å². The average Bonchev–Trinajstić information content (AvgIpc) is 2.65. The van der Waals surface area contributed by atoms with Crippen LogP contribution in [0.25, 0.3) is 0 Å². The lowest BCUT2D eigenvalue weighted by molar-refractivity contribution is -0.116. The maximum atomic E-state index is 11.3. The number of hydrogen-bond donors (Lipinski definition) is 1. The molecule has 1 aromatic heterocycles. The molecule has 0 aliphatic heterocycles. The van der Waals surface area contributed by atoms with Crippen LogP contribution in [0, 0.1) is 12.3 Å².